The molecule has 0 saturated carbocycles. The van der Waals surface area contributed by atoms with E-state index in [2.05, 4.69) is 10.4 Å². The predicted octanol–water partition coefficient (Wildman–Crippen LogP) is 1.48. The number of nitrogen functional groups attached to an aromatic ring is 1. The number of nitrogens with zero attached hydrogens (tertiary/aromatic N) is 2. The van der Waals surface area contributed by atoms with E-state index in [4.69, 9.17) is 17.3 Å². The fourth-order valence-corrected chi connectivity index (χ4v) is 1.92. The molecule has 100 valence electrons. The molecule has 1 aromatic carbocycles. The molecular formula is C13H15ClN4O. The SMILES string of the molecule is Nc1cnn(CC(=O)NCCc2cccc(Cl)c2)c1. The van der Waals surface area contributed by atoms with Gasteiger partial charge in [0, 0.05) is 17.8 Å². The van der Waals surface area contributed by atoms with Gasteiger partial charge in [-0.15, -0.1) is 0 Å². The van der Waals surface area contributed by atoms with Gasteiger partial charge in [-0.2, -0.15) is 5.10 Å². The Kier molecular flexibility index (Phi) is 4.41. The minimum atomic E-state index is -0.0925. The smallest absolute Gasteiger partial charge is 0.241 e. The van der Waals surface area contributed by atoms with Crippen LogP contribution in [0.4, 0.5) is 5.69 Å². The van der Waals surface area contributed by atoms with Gasteiger partial charge < -0.3 is 11.1 Å². The summed E-state index contributed by atoms with van der Waals surface area (Å²) >= 11 is 5.89. The highest BCUT2D eigenvalue weighted by atomic mass is 35.5. The second kappa shape index (κ2) is 6.24. The first-order valence-corrected chi connectivity index (χ1v) is 6.30. The molecule has 0 bridgehead atoms. The van der Waals surface area contributed by atoms with Crippen LogP contribution in [0.2, 0.25) is 5.02 Å². The van der Waals surface area contributed by atoms with Gasteiger partial charge in [0.05, 0.1) is 11.9 Å². The van der Waals surface area contributed by atoms with E-state index < -0.39 is 0 Å². The summed E-state index contributed by atoms with van der Waals surface area (Å²) in [5, 5.41) is 7.48. The number of anilines is 1. The van der Waals surface area contributed by atoms with Gasteiger partial charge in [0.1, 0.15) is 6.54 Å². The van der Waals surface area contributed by atoms with Crippen molar-refractivity contribution in [2.24, 2.45) is 0 Å². The van der Waals surface area contributed by atoms with Crippen molar-refractivity contribution in [3.05, 3.63) is 47.2 Å². The largest absolute Gasteiger partial charge is 0.396 e. The molecule has 0 atom stereocenters. The number of hydrogen-bond donors (Lipinski definition) is 2. The van der Waals surface area contributed by atoms with Crippen LogP contribution in [0.3, 0.4) is 0 Å². The molecule has 2 rings (SSSR count). The summed E-state index contributed by atoms with van der Waals surface area (Å²) < 4.78 is 1.50. The van der Waals surface area contributed by atoms with Gasteiger partial charge in [-0.25, -0.2) is 0 Å². The normalized spacial score (nSPS) is 10.4. The number of nitrogens with two attached hydrogens (primary N) is 1. The minimum Gasteiger partial charge on any atom is -0.396 e. The van der Waals surface area contributed by atoms with Crippen LogP contribution in [-0.4, -0.2) is 22.2 Å². The minimum absolute atomic E-state index is 0.0925. The highest BCUT2D eigenvalue weighted by Gasteiger charge is 2.03. The van der Waals surface area contributed by atoms with Crippen molar-refractivity contribution >= 4 is 23.2 Å². The number of amides is 1. The van der Waals surface area contributed by atoms with Gasteiger partial charge in [-0.3, -0.25) is 9.48 Å². The second-order valence-corrected chi connectivity index (χ2v) is 4.64. The van der Waals surface area contributed by atoms with Gasteiger partial charge >= 0.3 is 0 Å². The van der Waals surface area contributed by atoms with Crippen molar-refractivity contribution in [1.29, 1.82) is 0 Å². The average molecular weight is 279 g/mol. The molecule has 5 nitrogen and oxygen atoms in total. The highest BCUT2D eigenvalue weighted by molar-refractivity contribution is 6.30. The van der Waals surface area contributed by atoms with E-state index in [1.54, 1.807) is 6.20 Å². The molecule has 6 heteroatoms. The van der Waals surface area contributed by atoms with E-state index >= 15 is 0 Å². The molecule has 0 spiro atoms. The number of hydrogen-bond acceptors (Lipinski definition) is 3. The fraction of sp³-hybridized carbons (Fsp3) is 0.231. The quantitative estimate of drug-likeness (QED) is 0.870. The van der Waals surface area contributed by atoms with Crippen molar-refractivity contribution < 1.29 is 4.79 Å². The Morgan fingerprint density at radius 2 is 2.32 bits per heavy atom. The molecule has 3 N–H and O–H groups in total. The Balaban J connectivity index is 1.75. The maximum atomic E-state index is 11.6. The Morgan fingerprint density at radius 3 is 3.00 bits per heavy atom. The number of carbonyl (C=O) groups is 1. The van der Waals surface area contributed by atoms with Crippen molar-refractivity contribution in [2.75, 3.05) is 12.3 Å². The fourth-order valence-electron chi connectivity index (χ4n) is 1.71. The van der Waals surface area contributed by atoms with Crippen molar-refractivity contribution in [2.45, 2.75) is 13.0 Å². The summed E-state index contributed by atoms with van der Waals surface area (Å²) in [6.45, 7) is 0.739. The molecule has 0 radical (unpaired) electrons. The van der Waals surface area contributed by atoms with Crippen molar-refractivity contribution in [3.63, 3.8) is 0 Å². The van der Waals surface area contributed by atoms with Gasteiger partial charge in [0.25, 0.3) is 0 Å². The lowest BCUT2D eigenvalue weighted by atomic mass is 10.1. The van der Waals surface area contributed by atoms with Gasteiger partial charge in [0.15, 0.2) is 0 Å². The summed E-state index contributed by atoms with van der Waals surface area (Å²) in [4.78, 5) is 11.6. The van der Waals surface area contributed by atoms with Crippen molar-refractivity contribution in [1.82, 2.24) is 15.1 Å². The van der Waals surface area contributed by atoms with Crippen LogP contribution in [0.5, 0.6) is 0 Å². The third-order valence-electron chi connectivity index (χ3n) is 2.58. The van der Waals surface area contributed by atoms with Crippen LogP contribution in [0.1, 0.15) is 5.56 Å². The second-order valence-electron chi connectivity index (χ2n) is 4.20. The van der Waals surface area contributed by atoms with E-state index in [1.807, 2.05) is 24.3 Å². The first-order chi connectivity index (χ1) is 9.13. The zero-order valence-corrected chi connectivity index (χ0v) is 11.1. The molecule has 1 amide bonds. The number of aromatic nitrogens is 2. The molecule has 2 aromatic rings. The molecular weight excluding hydrogens is 264 g/mol. The summed E-state index contributed by atoms with van der Waals surface area (Å²) in [5.41, 5.74) is 7.16. The Morgan fingerprint density at radius 1 is 1.47 bits per heavy atom. The zero-order chi connectivity index (χ0) is 13.7. The van der Waals surface area contributed by atoms with Crippen LogP contribution in [0.25, 0.3) is 0 Å². The number of carbonyl (C=O) groups excluding carboxylic acids is 1. The third-order valence-corrected chi connectivity index (χ3v) is 2.82. The Hall–Kier alpha value is -2.01. The van der Waals surface area contributed by atoms with E-state index in [1.165, 1.54) is 10.9 Å². The van der Waals surface area contributed by atoms with E-state index in [9.17, 15) is 4.79 Å². The Labute approximate surface area is 116 Å². The lowest BCUT2D eigenvalue weighted by Crippen LogP contribution is -2.29. The molecule has 0 aliphatic heterocycles. The van der Waals surface area contributed by atoms with Crippen LogP contribution in [0.15, 0.2) is 36.7 Å². The lowest BCUT2D eigenvalue weighted by Gasteiger charge is -2.05. The summed E-state index contributed by atoms with van der Waals surface area (Å²) in [5.74, 6) is -0.0925. The molecule has 1 heterocycles. The number of nitrogens with one attached hydrogen (secondary N) is 1. The van der Waals surface area contributed by atoms with Crippen LogP contribution in [-0.2, 0) is 17.8 Å². The number of halogens is 1. The first kappa shape index (κ1) is 13.4. The number of benzene rings is 1. The van der Waals surface area contributed by atoms with Gasteiger partial charge in [-0.1, -0.05) is 23.7 Å². The van der Waals surface area contributed by atoms with E-state index in [0.29, 0.717) is 17.3 Å². The predicted molar refractivity (Wildman–Crippen MR) is 74.8 cm³/mol. The maximum Gasteiger partial charge on any atom is 0.241 e. The first-order valence-electron chi connectivity index (χ1n) is 5.92. The van der Waals surface area contributed by atoms with Crippen LogP contribution < -0.4 is 11.1 Å². The maximum absolute atomic E-state index is 11.6. The zero-order valence-electron chi connectivity index (χ0n) is 10.3. The third kappa shape index (κ3) is 4.30. The van der Waals surface area contributed by atoms with E-state index in [0.717, 1.165) is 12.0 Å². The van der Waals surface area contributed by atoms with E-state index in [-0.39, 0.29) is 12.5 Å². The molecule has 19 heavy (non-hydrogen) atoms. The number of rotatable bonds is 5. The topological polar surface area (TPSA) is 72.9 Å². The van der Waals surface area contributed by atoms with Crippen LogP contribution >= 0.6 is 11.6 Å². The lowest BCUT2D eigenvalue weighted by molar-refractivity contribution is -0.121. The standard InChI is InChI=1S/C13H15ClN4O/c14-11-3-1-2-10(6-11)4-5-16-13(19)9-18-8-12(15)7-17-18/h1-3,6-8H,4-5,9,15H2,(H,16,19). The molecule has 0 fully saturated rings. The van der Waals surface area contributed by atoms with Crippen molar-refractivity contribution in [3.8, 4) is 0 Å². The van der Waals surface area contributed by atoms with Crippen LogP contribution in [0, 0.1) is 0 Å². The van der Waals surface area contributed by atoms with Gasteiger partial charge in [0.2, 0.25) is 5.91 Å². The summed E-state index contributed by atoms with van der Waals surface area (Å²) in [6, 6.07) is 7.59. The highest BCUT2D eigenvalue weighted by Crippen LogP contribution is 2.10. The average Bonchev–Trinajstić information content (AvgIpc) is 2.75. The molecule has 0 aliphatic carbocycles. The molecule has 0 unspecified atom stereocenters. The van der Waals surface area contributed by atoms with Gasteiger partial charge in [-0.05, 0) is 24.1 Å². The summed E-state index contributed by atoms with van der Waals surface area (Å²) in [7, 11) is 0. The molecule has 0 saturated heterocycles. The summed E-state index contributed by atoms with van der Waals surface area (Å²) in [6.07, 6.45) is 3.88. The Bertz CT molecular complexity index is 567. The monoisotopic (exact) mass is 278 g/mol. The molecule has 0 aliphatic rings. The molecule has 1 aromatic heterocycles.